The molecular weight excluding hydrogens is 358 g/mol. The number of hydrogen-bond acceptors (Lipinski definition) is 5. The third kappa shape index (κ3) is 4.92. The Morgan fingerprint density at radius 3 is 2.48 bits per heavy atom. The number of aromatic nitrogens is 2. The third-order valence-electron chi connectivity index (χ3n) is 4.10. The first-order valence-electron chi connectivity index (χ1n) is 8.87. The number of rotatable bonds is 6. The predicted molar refractivity (Wildman–Crippen MR) is 110 cm³/mol. The van der Waals surface area contributed by atoms with Crippen molar-refractivity contribution in [3.63, 3.8) is 0 Å². The Labute approximate surface area is 163 Å². The number of carbonyl (C=O) groups is 1. The molecule has 0 spiro atoms. The van der Waals surface area contributed by atoms with Crippen LogP contribution in [0.2, 0.25) is 0 Å². The highest BCUT2D eigenvalue weighted by Crippen LogP contribution is 2.28. The Morgan fingerprint density at radius 1 is 1.07 bits per heavy atom. The van der Waals surface area contributed by atoms with Crippen molar-refractivity contribution < 1.29 is 9.53 Å². The van der Waals surface area contributed by atoms with Gasteiger partial charge in [-0.05, 0) is 61.2 Å². The minimum atomic E-state index is -0.215. The highest BCUT2D eigenvalue weighted by molar-refractivity contribution is 7.18. The molecule has 0 fully saturated rings. The molecule has 0 unspecified atom stereocenters. The van der Waals surface area contributed by atoms with Crippen LogP contribution in [0.5, 0.6) is 5.75 Å². The van der Waals surface area contributed by atoms with Gasteiger partial charge in [-0.25, -0.2) is 0 Å². The average Bonchev–Trinajstić information content (AvgIpc) is 3.11. The zero-order chi connectivity index (χ0) is 19.4. The molecule has 0 radical (unpaired) electrons. The van der Waals surface area contributed by atoms with Crippen LogP contribution in [-0.2, 0) is 0 Å². The molecule has 27 heavy (non-hydrogen) atoms. The normalized spacial score (nSPS) is 10.9. The summed E-state index contributed by atoms with van der Waals surface area (Å²) in [5.41, 5.74) is 3.99. The van der Waals surface area contributed by atoms with Crippen LogP contribution in [0.3, 0.4) is 0 Å². The summed E-state index contributed by atoms with van der Waals surface area (Å²) in [6, 6.07) is 13.3. The second-order valence-corrected chi connectivity index (χ2v) is 7.87. The molecule has 0 atom stereocenters. The lowest BCUT2D eigenvalue weighted by atomic mass is 10.1. The summed E-state index contributed by atoms with van der Waals surface area (Å²) in [4.78, 5) is 12.4. The van der Waals surface area contributed by atoms with E-state index in [1.165, 1.54) is 22.5 Å². The molecule has 0 saturated heterocycles. The lowest BCUT2D eigenvalue weighted by Crippen LogP contribution is -2.11. The lowest BCUT2D eigenvalue weighted by Gasteiger charge is -2.09. The Balaban J connectivity index is 1.66. The van der Waals surface area contributed by atoms with Gasteiger partial charge in [0, 0.05) is 11.1 Å². The number of nitrogens with zero attached hydrogens (tertiary/aromatic N) is 2. The SMILES string of the molecule is Cc1ccc(-c2nnc(NC(=O)c3ccc(OCC(C)C)cc3)s2)cc1C. The Morgan fingerprint density at radius 2 is 1.81 bits per heavy atom. The Hall–Kier alpha value is -2.73. The van der Waals surface area contributed by atoms with Gasteiger partial charge in [-0.15, -0.1) is 10.2 Å². The quantitative estimate of drug-likeness (QED) is 0.644. The molecule has 0 aliphatic rings. The summed E-state index contributed by atoms with van der Waals surface area (Å²) in [6.45, 7) is 8.98. The van der Waals surface area contributed by atoms with Crippen LogP contribution in [0.1, 0.15) is 35.3 Å². The van der Waals surface area contributed by atoms with Crippen molar-refractivity contribution in [2.45, 2.75) is 27.7 Å². The van der Waals surface area contributed by atoms with Gasteiger partial charge in [0.25, 0.3) is 5.91 Å². The van der Waals surface area contributed by atoms with Gasteiger partial charge in [0.1, 0.15) is 10.8 Å². The van der Waals surface area contributed by atoms with Crippen LogP contribution in [-0.4, -0.2) is 22.7 Å². The van der Waals surface area contributed by atoms with Gasteiger partial charge in [0.15, 0.2) is 0 Å². The van der Waals surface area contributed by atoms with Gasteiger partial charge < -0.3 is 4.74 Å². The van der Waals surface area contributed by atoms with Crippen molar-refractivity contribution in [2.24, 2.45) is 5.92 Å². The fourth-order valence-electron chi connectivity index (χ4n) is 2.40. The maximum atomic E-state index is 12.4. The standard InChI is InChI=1S/C21H23N3O2S/c1-13(2)12-26-18-9-7-16(8-10-18)19(25)22-21-24-23-20(27-21)17-6-5-14(3)15(4)11-17/h5-11,13H,12H2,1-4H3,(H,22,24,25). The minimum Gasteiger partial charge on any atom is -0.493 e. The molecule has 140 valence electrons. The molecule has 2 aromatic carbocycles. The monoisotopic (exact) mass is 381 g/mol. The summed E-state index contributed by atoms with van der Waals surface area (Å²) in [5.74, 6) is 0.998. The predicted octanol–water partition coefficient (Wildman–Crippen LogP) is 5.11. The van der Waals surface area contributed by atoms with Crippen molar-refractivity contribution in [3.05, 3.63) is 59.2 Å². The molecule has 5 nitrogen and oxygen atoms in total. The van der Waals surface area contributed by atoms with Crippen molar-refractivity contribution in [2.75, 3.05) is 11.9 Å². The number of carbonyl (C=O) groups excluding carboxylic acids is 1. The van der Waals surface area contributed by atoms with Crippen molar-refractivity contribution in [1.82, 2.24) is 10.2 Å². The number of benzene rings is 2. The van der Waals surface area contributed by atoms with Gasteiger partial charge in [-0.2, -0.15) is 0 Å². The zero-order valence-corrected chi connectivity index (χ0v) is 16.8. The first-order valence-corrected chi connectivity index (χ1v) is 9.69. The summed E-state index contributed by atoms with van der Waals surface area (Å²) in [6.07, 6.45) is 0. The number of anilines is 1. The first kappa shape index (κ1) is 19.0. The highest BCUT2D eigenvalue weighted by Gasteiger charge is 2.12. The molecule has 1 N–H and O–H groups in total. The molecule has 1 aromatic heterocycles. The average molecular weight is 382 g/mol. The van der Waals surface area contributed by atoms with Gasteiger partial charge in [0.2, 0.25) is 5.13 Å². The largest absolute Gasteiger partial charge is 0.493 e. The van der Waals surface area contributed by atoms with Gasteiger partial charge in [0.05, 0.1) is 6.61 Å². The van der Waals surface area contributed by atoms with E-state index in [-0.39, 0.29) is 5.91 Å². The molecule has 0 aliphatic carbocycles. The summed E-state index contributed by atoms with van der Waals surface area (Å²) in [7, 11) is 0. The summed E-state index contributed by atoms with van der Waals surface area (Å²) in [5, 5.41) is 12.4. The summed E-state index contributed by atoms with van der Waals surface area (Å²) < 4.78 is 5.64. The summed E-state index contributed by atoms with van der Waals surface area (Å²) >= 11 is 1.36. The molecule has 1 amide bonds. The number of hydrogen-bond donors (Lipinski definition) is 1. The number of aryl methyl sites for hydroxylation is 2. The maximum absolute atomic E-state index is 12.4. The highest BCUT2D eigenvalue weighted by atomic mass is 32.1. The van der Waals surface area contributed by atoms with E-state index >= 15 is 0 Å². The van der Waals surface area contributed by atoms with Crippen LogP contribution >= 0.6 is 11.3 Å². The molecule has 0 saturated carbocycles. The van der Waals surface area contributed by atoms with Crippen LogP contribution < -0.4 is 10.1 Å². The van der Waals surface area contributed by atoms with Crippen LogP contribution in [0.4, 0.5) is 5.13 Å². The van der Waals surface area contributed by atoms with Crippen LogP contribution in [0, 0.1) is 19.8 Å². The van der Waals surface area contributed by atoms with E-state index < -0.39 is 0 Å². The second-order valence-electron chi connectivity index (χ2n) is 6.89. The van der Waals surface area contributed by atoms with E-state index in [2.05, 4.69) is 55.3 Å². The first-order chi connectivity index (χ1) is 12.9. The fraction of sp³-hybridized carbons (Fsp3) is 0.286. The van der Waals surface area contributed by atoms with Gasteiger partial charge >= 0.3 is 0 Å². The number of amides is 1. The Kier molecular flexibility index (Phi) is 5.86. The van der Waals surface area contributed by atoms with Crippen molar-refractivity contribution in [3.8, 4) is 16.3 Å². The Bertz CT molecular complexity index is 933. The van der Waals surface area contributed by atoms with E-state index in [1.807, 2.05) is 6.07 Å². The van der Waals surface area contributed by atoms with E-state index in [4.69, 9.17) is 4.74 Å². The van der Waals surface area contributed by atoms with E-state index in [1.54, 1.807) is 24.3 Å². The molecule has 1 heterocycles. The van der Waals surface area contributed by atoms with E-state index in [9.17, 15) is 4.79 Å². The topological polar surface area (TPSA) is 64.1 Å². The minimum absolute atomic E-state index is 0.215. The number of ether oxygens (including phenoxy) is 1. The second kappa shape index (κ2) is 8.31. The van der Waals surface area contributed by atoms with Gasteiger partial charge in [-0.3, -0.25) is 10.1 Å². The van der Waals surface area contributed by atoms with E-state index in [0.717, 1.165) is 16.3 Å². The molecule has 0 aliphatic heterocycles. The van der Waals surface area contributed by atoms with Gasteiger partial charge in [-0.1, -0.05) is 37.3 Å². The molecular formula is C21H23N3O2S. The number of nitrogens with one attached hydrogen (secondary N) is 1. The molecule has 3 rings (SSSR count). The van der Waals surface area contributed by atoms with Crippen molar-refractivity contribution in [1.29, 1.82) is 0 Å². The lowest BCUT2D eigenvalue weighted by molar-refractivity contribution is 0.102. The van der Waals surface area contributed by atoms with Crippen LogP contribution in [0.15, 0.2) is 42.5 Å². The fourth-order valence-corrected chi connectivity index (χ4v) is 3.13. The van der Waals surface area contributed by atoms with Crippen LogP contribution in [0.25, 0.3) is 10.6 Å². The maximum Gasteiger partial charge on any atom is 0.257 e. The van der Waals surface area contributed by atoms with E-state index in [0.29, 0.717) is 23.2 Å². The molecule has 3 aromatic rings. The third-order valence-corrected chi connectivity index (χ3v) is 4.99. The zero-order valence-electron chi connectivity index (χ0n) is 15.9. The van der Waals surface area contributed by atoms with Crippen molar-refractivity contribution >= 4 is 22.4 Å². The molecule has 6 heteroatoms. The molecule has 0 bridgehead atoms. The smallest absolute Gasteiger partial charge is 0.257 e.